The lowest BCUT2D eigenvalue weighted by molar-refractivity contribution is 0.108. The molecule has 2 N–H and O–H groups in total. The van der Waals surface area contributed by atoms with Crippen LogP contribution < -0.4 is 10.6 Å². The smallest absolute Gasteiger partial charge is 0.190 e. The van der Waals surface area contributed by atoms with Gasteiger partial charge < -0.3 is 20.3 Å². The third-order valence-corrected chi connectivity index (χ3v) is 3.83. The van der Waals surface area contributed by atoms with Crippen LogP contribution in [0.3, 0.4) is 0 Å². The Hall–Kier alpha value is -0.0800. The van der Waals surface area contributed by atoms with Crippen LogP contribution in [0, 0.1) is 11.8 Å². The fraction of sp³-hybridized carbons (Fsp3) is 0.938. The zero-order chi connectivity index (χ0) is 15.5. The number of hydrogen-bond acceptors (Lipinski definition) is 3. The van der Waals surface area contributed by atoms with Gasteiger partial charge >= 0.3 is 0 Å². The van der Waals surface area contributed by atoms with E-state index in [1.165, 1.54) is 25.9 Å². The van der Waals surface area contributed by atoms with Crippen molar-refractivity contribution in [2.24, 2.45) is 16.8 Å². The molecular weight excluding hydrogens is 391 g/mol. The molecule has 1 aliphatic heterocycles. The van der Waals surface area contributed by atoms with Gasteiger partial charge in [0, 0.05) is 33.4 Å². The minimum absolute atomic E-state index is 0. The van der Waals surface area contributed by atoms with E-state index < -0.39 is 0 Å². The van der Waals surface area contributed by atoms with E-state index in [2.05, 4.69) is 41.4 Å². The summed E-state index contributed by atoms with van der Waals surface area (Å²) in [6.45, 7) is 10.4. The van der Waals surface area contributed by atoms with E-state index >= 15 is 0 Å². The Bertz CT molecular complexity index is 292. The topological polar surface area (TPSA) is 48.9 Å². The number of nitrogens with one attached hydrogen (secondary N) is 2. The van der Waals surface area contributed by atoms with Crippen molar-refractivity contribution in [1.29, 1.82) is 0 Å². The summed E-state index contributed by atoms with van der Waals surface area (Å²) in [4.78, 5) is 6.68. The van der Waals surface area contributed by atoms with Crippen LogP contribution >= 0.6 is 24.0 Å². The van der Waals surface area contributed by atoms with E-state index in [4.69, 9.17) is 4.74 Å². The summed E-state index contributed by atoms with van der Waals surface area (Å²) in [6, 6.07) is 0. The molecule has 1 fully saturated rings. The van der Waals surface area contributed by atoms with E-state index in [-0.39, 0.29) is 24.0 Å². The number of aliphatic imine (C=N–C) groups is 1. The highest BCUT2D eigenvalue weighted by atomic mass is 127. The molecule has 0 aromatic heterocycles. The Morgan fingerprint density at radius 3 is 2.55 bits per heavy atom. The van der Waals surface area contributed by atoms with Crippen LogP contribution in [0.1, 0.15) is 33.1 Å². The number of piperidine rings is 1. The highest BCUT2D eigenvalue weighted by Gasteiger charge is 2.16. The second-order valence-corrected chi connectivity index (χ2v) is 6.45. The first-order valence-electron chi connectivity index (χ1n) is 8.32. The Labute approximate surface area is 153 Å². The molecule has 1 saturated heterocycles. The van der Waals surface area contributed by atoms with Crippen LogP contribution in [-0.2, 0) is 4.74 Å². The normalized spacial score (nSPS) is 17.4. The molecule has 0 amide bonds. The summed E-state index contributed by atoms with van der Waals surface area (Å²) in [5.41, 5.74) is 0. The van der Waals surface area contributed by atoms with Crippen molar-refractivity contribution in [1.82, 2.24) is 15.5 Å². The van der Waals surface area contributed by atoms with Gasteiger partial charge in [0.05, 0.1) is 0 Å². The number of halogens is 1. The minimum Gasteiger partial charge on any atom is -0.381 e. The molecule has 5 nitrogen and oxygen atoms in total. The van der Waals surface area contributed by atoms with Gasteiger partial charge in [0.15, 0.2) is 5.96 Å². The van der Waals surface area contributed by atoms with Crippen LogP contribution in [-0.4, -0.2) is 64.3 Å². The third-order valence-electron chi connectivity index (χ3n) is 3.83. The van der Waals surface area contributed by atoms with Gasteiger partial charge in [0.1, 0.15) is 0 Å². The standard InChI is InChI=1S/C16H34N4O.HI/c1-14(2)13-21-11-5-8-18-16(17-3)19-12-15-6-9-20(4)10-7-15;/h14-15H,5-13H2,1-4H3,(H2,17,18,19);1H. The molecule has 0 saturated carbocycles. The summed E-state index contributed by atoms with van der Waals surface area (Å²) in [7, 11) is 4.03. The van der Waals surface area contributed by atoms with E-state index in [1.54, 1.807) is 0 Å². The number of ether oxygens (including phenoxy) is 1. The maximum Gasteiger partial charge on any atom is 0.190 e. The van der Waals surface area contributed by atoms with Gasteiger partial charge in [0.25, 0.3) is 0 Å². The number of hydrogen-bond donors (Lipinski definition) is 2. The van der Waals surface area contributed by atoms with Crippen LogP contribution in [0.15, 0.2) is 4.99 Å². The summed E-state index contributed by atoms with van der Waals surface area (Å²) in [5.74, 6) is 2.30. The second-order valence-electron chi connectivity index (χ2n) is 6.45. The molecule has 1 heterocycles. The van der Waals surface area contributed by atoms with E-state index in [0.29, 0.717) is 5.92 Å². The average molecular weight is 426 g/mol. The maximum atomic E-state index is 5.57. The van der Waals surface area contributed by atoms with Crippen molar-refractivity contribution >= 4 is 29.9 Å². The molecule has 132 valence electrons. The van der Waals surface area contributed by atoms with Gasteiger partial charge in [-0.2, -0.15) is 0 Å². The van der Waals surface area contributed by atoms with Crippen molar-refractivity contribution in [3.05, 3.63) is 0 Å². The molecule has 0 aromatic rings. The lowest BCUT2D eigenvalue weighted by Gasteiger charge is -2.29. The SMILES string of the molecule is CN=C(NCCCOCC(C)C)NCC1CCN(C)CC1.I. The highest BCUT2D eigenvalue weighted by molar-refractivity contribution is 14.0. The second kappa shape index (κ2) is 13.4. The molecule has 0 bridgehead atoms. The first-order valence-corrected chi connectivity index (χ1v) is 8.32. The van der Waals surface area contributed by atoms with Crippen molar-refractivity contribution in [2.45, 2.75) is 33.1 Å². The number of nitrogens with zero attached hydrogens (tertiary/aromatic N) is 2. The van der Waals surface area contributed by atoms with Crippen LogP contribution in [0.4, 0.5) is 0 Å². The average Bonchev–Trinajstić information content (AvgIpc) is 2.47. The zero-order valence-electron chi connectivity index (χ0n) is 14.7. The summed E-state index contributed by atoms with van der Waals surface area (Å²) in [6.07, 6.45) is 3.58. The van der Waals surface area contributed by atoms with Gasteiger partial charge in [-0.15, -0.1) is 24.0 Å². The molecule has 6 heteroatoms. The van der Waals surface area contributed by atoms with Crippen LogP contribution in [0.5, 0.6) is 0 Å². The van der Waals surface area contributed by atoms with Crippen molar-refractivity contribution < 1.29 is 4.74 Å². The molecule has 0 spiro atoms. The van der Waals surface area contributed by atoms with Gasteiger partial charge in [0.2, 0.25) is 0 Å². The largest absolute Gasteiger partial charge is 0.381 e. The number of rotatable bonds is 8. The predicted molar refractivity (Wildman–Crippen MR) is 105 cm³/mol. The predicted octanol–water partition coefficient (Wildman–Crippen LogP) is 2.17. The third kappa shape index (κ3) is 10.6. The van der Waals surface area contributed by atoms with Gasteiger partial charge in [-0.25, -0.2) is 0 Å². The van der Waals surface area contributed by atoms with Crippen LogP contribution in [0.25, 0.3) is 0 Å². The lowest BCUT2D eigenvalue weighted by Crippen LogP contribution is -2.42. The maximum absolute atomic E-state index is 5.57. The Morgan fingerprint density at radius 2 is 1.95 bits per heavy atom. The van der Waals surface area contributed by atoms with Crippen LogP contribution in [0.2, 0.25) is 0 Å². The van der Waals surface area contributed by atoms with Gasteiger partial charge in [-0.1, -0.05) is 13.8 Å². The Kier molecular flexibility index (Phi) is 13.3. The molecule has 0 atom stereocenters. The van der Waals surface area contributed by atoms with E-state index in [1.807, 2.05) is 7.05 Å². The van der Waals surface area contributed by atoms with Crippen molar-refractivity contribution in [3.8, 4) is 0 Å². The summed E-state index contributed by atoms with van der Waals surface area (Å²) in [5, 5.41) is 6.80. The van der Waals surface area contributed by atoms with Crippen molar-refractivity contribution in [3.63, 3.8) is 0 Å². The number of likely N-dealkylation sites (tertiary alicyclic amines) is 1. The van der Waals surface area contributed by atoms with Crippen molar-refractivity contribution in [2.75, 3.05) is 53.5 Å². The lowest BCUT2D eigenvalue weighted by atomic mass is 9.97. The monoisotopic (exact) mass is 426 g/mol. The fourth-order valence-corrected chi connectivity index (χ4v) is 2.43. The molecule has 0 aromatic carbocycles. The molecule has 1 rings (SSSR count). The zero-order valence-corrected chi connectivity index (χ0v) is 17.1. The Balaban J connectivity index is 0.00000441. The first kappa shape index (κ1) is 21.9. The minimum atomic E-state index is 0. The van der Waals surface area contributed by atoms with E-state index in [0.717, 1.165) is 44.6 Å². The highest BCUT2D eigenvalue weighted by Crippen LogP contribution is 2.14. The summed E-state index contributed by atoms with van der Waals surface area (Å²) < 4.78 is 5.57. The quantitative estimate of drug-likeness (QED) is 0.270. The van der Waals surface area contributed by atoms with E-state index in [9.17, 15) is 0 Å². The molecule has 0 unspecified atom stereocenters. The molecule has 22 heavy (non-hydrogen) atoms. The molecule has 0 radical (unpaired) electrons. The summed E-state index contributed by atoms with van der Waals surface area (Å²) >= 11 is 0. The molecule has 0 aliphatic carbocycles. The van der Waals surface area contributed by atoms with Gasteiger partial charge in [-0.05, 0) is 51.2 Å². The van der Waals surface area contributed by atoms with Gasteiger partial charge in [-0.3, -0.25) is 4.99 Å². The number of guanidine groups is 1. The molecule has 1 aliphatic rings. The molecular formula is C16H35IN4O. The fourth-order valence-electron chi connectivity index (χ4n) is 2.43. The first-order chi connectivity index (χ1) is 10.1. The Morgan fingerprint density at radius 1 is 1.27 bits per heavy atom.